The Morgan fingerprint density at radius 3 is 2.74 bits per heavy atom. The number of carbonyl (C=O) groups excluding carboxylic acids is 1. The molecule has 1 aliphatic heterocycles. The van der Waals surface area contributed by atoms with Crippen molar-refractivity contribution in [2.75, 3.05) is 19.0 Å². The van der Waals surface area contributed by atoms with E-state index in [0.717, 1.165) is 10.9 Å². The van der Waals surface area contributed by atoms with Gasteiger partial charge in [0, 0.05) is 0 Å². The van der Waals surface area contributed by atoms with Gasteiger partial charge in [-0.15, -0.1) is 0 Å². The summed E-state index contributed by atoms with van der Waals surface area (Å²) in [6, 6.07) is 6.80. The molecule has 0 spiro atoms. The van der Waals surface area contributed by atoms with Crippen molar-refractivity contribution >= 4 is 30.8 Å². The first kappa shape index (κ1) is 31.1. The lowest BCUT2D eigenvalue weighted by atomic mass is 9.94. The van der Waals surface area contributed by atoms with Crippen LogP contribution in [0.15, 0.2) is 41.5 Å². The number of alkyl halides is 1. The van der Waals surface area contributed by atoms with Gasteiger partial charge in [0.2, 0.25) is 5.95 Å². The number of esters is 1. The predicted molar refractivity (Wildman–Crippen MR) is 146 cm³/mol. The van der Waals surface area contributed by atoms with E-state index in [4.69, 9.17) is 24.3 Å². The van der Waals surface area contributed by atoms with E-state index in [0.29, 0.717) is 0 Å². The summed E-state index contributed by atoms with van der Waals surface area (Å²) in [5.41, 5.74) is 2.23. The fourth-order valence-electron chi connectivity index (χ4n) is 4.11. The Balaban J connectivity index is 1.63. The minimum absolute atomic E-state index is 0.118. The van der Waals surface area contributed by atoms with Crippen LogP contribution in [-0.2, 0) is 23.4 Å². The molecule has 15 nitrogen and oxygen atoms in total. The zero-order valence-corrected chi connectivity index (χ0v) is 23.7. The number of hydrogen-bond acceptors (Lipinski definition) is 12. The molecule has 226 valence electrons. The molecule has 4 rings (SSSR count). The van der Waals surface area contributed by atoms with E-state index >= 15 is 0 Å². The largest absolute Gasteiger partial charge is 0.462 e. The predicted octanol–water partition coefficient (Wildman–Crippen LogP) is 0.798. The van der Waals surface area contributed by atoms with Crippen molar-refractivity contribution < 1.29 is 42.5 Å². The number of aliphatic hydroxyl groups is 2. The van der Waals surface area contributed by atoms with Crippen LogP contribution in [0.1, 0.15) is 27.0 Å². The second kappa shape index (κ2) is 12.6. The molecule has 0 radical (unpaired) electrons. The Labute approximate surface area is 238 Å². The Morgan fingerprint density at radius 2 is 2.07 bits per heavy atom. The van der Waals surface area contributed by atoms with Gasteiger partial charge in [0.25, 0.3) is 5.56 Å². The monoisotopic (exact) mass is 608 g/mol. The quantitative estimate of drug-likeness (QED) is 0.123. The molecular formula is C25H30FN6O9P. The molecule has 42 heavy (non-hydrogen) atoms. The molecule has 1 fully saturated rings. The third kappa shape index (κ3) is 6.62. The van der Waals surface area contributed by atoms with E-state index in [1.807, 2.05) is 0 Å². The number of anilines is 1. The van der Waals surface area contributed by atoms with Crippen LogP contribution >= 0.6 is 7.75 Å². The van der Waals surface area contributed by atoms with E-state index in [2.05, 4.69) is 31.9 Å². The fraction of sp³-hybridized carbons (Fsp3) is 0.440. The molecule has 2 aromatic heterocycles. The number of hydrogen-bond donors (Lipinski definition) is 5. The highest BCUT2D eigenvalue weighted by Crippen LogP contribution is 2.47. The van der Waals surface area contributed by atoms with Gasteiger partial charge in [-0.05, 0) is 32.9 Å². The summed E-state index contributed by atoms with van der Waals surface area (Å²) in [4.78, 5) is 34.9. The summed E-state index contributed by atoms with van der Waals surface area (Å²) in [7, 11) is -4.38. The van der Waals surface area contributed by atoms with Gasteiger partial charge in [-0.3, -0.25) is 23.7 Å². The number of nitrogens with one attached hydrogen (secondary N) is 2. The Morgan fingerprint density at radius 1 is 1.36 bits per heavy atom. The van der Waals surface area contributed by atoms with Gasteiger partial charge in [0.15, 0.2) is 23.0 Å². The van der Waals surface area contributed by atoms with Crippen LogP contribution in [0.4, 0.5) is 10.3 Å². The van der Waals surface area contributed by atoms with Crippen LogP contribution in [0.25, 0.3) is 11.2 Å². The first-order valence-electron chi connectivity index (χ1n) is 12.7. The van der Waals surface area contributed by atoms with Gasteiger partial charge >= 0.3 is 13.7 Å². The SMILES string of the molecule is CC(C)OC(=O)[C@H](C)NP(=O)(OC[C@H]1OC(n2cnc3c(=O)[nH]c(N)nc32)C(O)(C#CCF)C1O)Oc1ccccc1. The summed E-state index contributed by atoms with van der Waals surface area (Å²) in [5, 5.41) is 25.0. The van der Waals surface area contributed by atoms with Crippen molar-refractivity contribution in [3.05, 3.63) is 47.0 Å². The minimum Gasteiger partial charge on any atom is -0.462 e. The maximum absolute atomic E-state index is 13.8. The van der Waals surface area contributed by atoms with Crippen LogP contribution in [0.5, 0.6) is 5.75 Å². The summed E-state index contributed by atoms with van der Waals surface area (Å²) in [5.74, 6) is 3.46. The molecule has 3 heterocycles. The van der Waals surface area contributed by atoms with Crippen LogP contribution in [0.2, 0.25) is 0 Å². The Kier molecular flexibility index (Phi) is 9.31. The molecule has 1 aromatic carbocycles. The van der Waals surface area contributed by atoms with E-state index in [1.54, 1.807) is 32.0 Å². The normalized spacial score (nSPS) is 24.1. The number of aromatic amines is 1. The summed E-state index contributed by atoms with van der Waals surface area (Å²) >= 11 is 0. The number of H-pyrrole nitrogens is 1. The number of nitrogens with two attached hydrogens (primary N) is 1. The highest BCUT2D eigenvalue weighted by molar-refractivity contribution is 7.52. The number of nitrogen functional groups attached to an aromatic ring is 1. The number of aliphatic hydroxyl groups excluding tert-OH is 1. The van der Waals surface area contributed by atoms with Gasteiger partial charge in [-0.1, -0.05) is 30.0 Å². The first-order valence-corrected chi connectivity index (χ1v) is 14.2. The number of halogens is 1. The van der Waals surface area contributed by atoms with Crippen molar-refractivity contribution in [2.24, 2.45) is 0 Å². The van der Waals surface area contributed by atoms with Gasteiger partial charge in [0.05, 0.1) is 19.0 Å². The lowest BCUT2D eigenvalue weighted by Gasteiger charge is -2.26. The number of imidazole rings is 1. The number of nitrogens with zero attached hydrogens (tertiary/aromatic N) is 3. The molecule has 0 aliphatic carbocycles. The second-order valence-electron chi connectivity index (χ2n) is 9.54. The van der Waals surface area contributed by atoms with Crippen molar-refractivity contribution in [1.29, 1.82) is 0 Å². The van der Waals surface area contributed by atoms with Crippen LogP contribution in [-0.4, -0.2) is 78.9 Å². The number of ether oxygens (including phenoxy) is 2. The number of benzene rings is 1. The number of fused-ring (bicyclic) bond motifs is 1. The van der Waals surface area contributed by atoms with Gasteiger partial charge in [-0.2, -0.15) is 10.1 Å². The maximum atomic E-state index is 13.8. The van der Waals surface area contributed by atoms with Gasteiger partial charge in [-0.25, -0.2) is 13.9 Å². The third-order valence-corrected chi connectivity index (χ3v) is 7.62. The van der Waals surface area contributed by atoms with Gasteiger partial charge in [0.1, 0.15) is 30.7 Å². The summed E-state index contributed by atoms with van der Waals surface area (Å²) < 4.78 is 50.1. The van der Waals surface area contributed by atoms with E-state index in [1.165, 1.54) is 19.1 Å². The second-order valence-corrected chi connectivity index (χ2v) is 11.2. The highest BCUT2D eigenvalue weighted by atomic mass is 31.2. The molecule has 6 N–H and O–H groups in total. The van der Waals surface area contributed by atoms with E-state index in [-0.39, 0.29) is 22.9 Å². The fourth-order valence-corrected chi connectivity index (χ4v) is 5.61. The lowest BCUT2D eigenvalue weighted by molar-refractivity contribution is -0.149. The molecule has 17 heteroatoms. The minimum atomic E-state index is -4.38. The molecule has 0 amide bonds. The highest BCUT2D eigenvalue weighted by Gasteiger charge is 2.57. The molecular weight excluding hydrogens is 578 g/mol. The maximum Gasteiger partial charge on any atom is 0.459 e. The number of rotatable bonds is 10. The molecule has 1 saturated heterocycles. The smallest absolute Gasteiger partial charge is 0.459 e. The van der Waals surface area contributed by atoms with Gasteiger partial charge < -0.3 is 29.9 Å². The number of aromatic nitrogens is 4. The molecule has 6 atom stereocenters. The van der Waals surface area contributed by atoms with E-state index in [9.17, 15) is 28.8 Å². The van der Waals surface area contributed by atoms with Crippen molar-refractivity contribution in [2.45, 2.75) is 57.0 Å². The molecule has 0 bridgehead atoms. The first-order chi connectivity index (χ1) is 19.9. The third-order valence-electron chi connectivity index (χ3n) is 5.98. The molecule has 0 saturated carbocycles. The molecule has 1 aliphatic rings. The zero-order chi connectivity index (χ0) is 30.7. The molecule has 3 aromatic rings. The van der Waals surface area contributed by atoms with Crippen LogP contribution in [0, 0.1) is 11.8 Å². The van der Waals surface area contributed by atoms with Crippen molar-refractivity contribution in [3.8, 4) is 17.6 Å². The standard InChI is InChI=1S/C25H30FN6O9P/c1-14(2)39-22(35)15(3)31-42(37,41-16-8-5-4-6-9-16)38-12-17-19(33)25(36,10-7-11-26)23(40-17)32-13-28-18-20(32)29-24(27)30-21(18)34/h4-6,8-9,13-15,17,19,23,33,36H,11-12H2,1-3H3,(H,31,37)(H3,27,29,30,34)/t15-,17+,19?,23?,25?,42?/m0/s1. The van der Waals surface area contributed by atoms with Crippen molar-refractivity contribution in [3.63, 3.8) is 0 Å². The summed E-state index contributed by atoms with van der Waals surface area (Å²) in [6.45, 7) is 2.84. The van der Waals surface area contributed by atoms with Crippen LogP contribution in [0.3, 0.4) is 0 Å². The van der Waals surface area contributed by atoms with Crippen LogP contribution < -0.4 is 20.9 Å². The summed E-state index contributed by atoms with van der Waals surface area (Å²) in [6.07, 6.45) is -4.26. The average Bonchev–Trinajstić information content (AvgIpc) is 3.45. The number of para-hydroxylation sites is 1. The lowest BCUT2D eigenvalue weighted by Crippen LogP contribution is -2.46. The molecule has 4 unspecified atom stereocenters. The Hall–Kier alpha value is -3.84. The number of carbonyl (C=O) groups is 1. The van der Waals surface area contributed by atoms with Crippen molar-refractivity contribution in [1.82, 2.24) is 24.6 Å². The zero-order valence-electron chi connectivity index (χ0n) is 22.8. The topological polar surface area (TPSA) is 213 Å². The Bertz CT molecular complexity index is 1590. The van der Waals surface area contributed by atoms with E-state index < -0.39 is 68.7 Å². The average molecular weight is 609 g/mol.